The molecule has 1 heterocycles. The number of hydrogen-bond acceptors (Lipinski definition) is 4. The quantitative estimate of drug-likeness (QED) is 0.383. The van der Waals surface area contributed by atoms with E-state index in [-0.39, 0.29) is 15.6 Å². The highest BCUT2D eigenvalue weighted by molar-refractivity contribution is 6.39. The molecule has 1 amide bonds. The Labute approximate surface area is 188 Å². The molecule has 8 heteroatoms. The molecule has 0 spiro atoms. The normalized spacial score (nSPS) is 14.7. The molecule has 1 aliphatic rings. The van der Waals surface area contributed by atoms with Gasteiger partial charge in [-0.15, -0.1) is 0 Å². The number of hydrogen-bond donors (Lipinski definition) is 3. The fourth-order valence-corrected chi connectivity index (χ4v) is 4.03. The average Bonchev–Trinajstić information content (AvgIpc) is 2.72. The zero-order chi connectivity index (χ0) is 21.8. The van der Waals surface area contributed by atoms with Crippen LogP contribution in [0.15, 0.2) is 23.2 Å². The smallest absolute Gasteiger partial charge is 0.326 e. The fourth-order valence-electron chi connectivity index (χ4n) is 3.46. The lowest BCUT2D eigenvalue weighted by atomic mass is 10.0. The molecule has 2 rings (SSSR count). The van der Waals surface area contributed by atoms with Gasteiger partial charge in [-0.05, 0) is 37.8 Å². The first kappa shape index (κ1) is 24.5. The van der Waals surface area contributed by atoms with Crippen LogP contribution in [-0.2, 0) is 4.79 Å². The van der Waals surface area contributed by atoms with Gasteiger partial charge in [0.1, 0.15) is 6.04 Å². The van der Waals surface area contributed by atoms with Crippen molar-refractivity contribution >= 4 is 40.9 Å². The van der Waals surface area contributed by atoms with Gasteiger partial charge in [0, 0.05) is 19.5 Å². The Bertz CT molecular complexity index is 720. The first-order valence-electron chi connectivity index (χ1n) is 10.7. The maximum atomic E-state index is 12.4. The van der Waals surface area contributed by atoms with Crippen LogP contribution in [0, 0.1) is 0 Å². The second-order valence-electron chi connectivity index (χ2n) is 7.58. The highest BCUT2D eigenvalue weighted by atomic mass is 35.5. The van der Waals surface area contributed by atoms with Crippen molar-refractivity contribution in [2.45, 2.75) is 70.3 Å². The lowest BCUT2D eigenvalue weighted by Gasteiger charge is -2.16. The van der Waals surface area contributed by atoms with Crippen molar-refractivity contribution < 1.29 is 14.7 Å². The second-order valence-corrected chi connectivity index (χ2v) is 8.40. The van der Waals surface area contributed by atoms with Crippen molar-refractivity contribution in [1.82, 2.24) is 10.6 Å². The van der Waals surface area contributed by atoms with Crippen LogP contribution in [0.2, 0.25) is 10.0 Å². The lowest BCUT2D eigenvalue weighted by molar-refractivity contribution is -0.139. The van der Waals surface area contributed by atoms with Crippen molar-refractivity contribution in [1.29, 1.82) is 0 Å². The summed E-state index contributed by atoms with van der Waals surface area (Å²) in [7, 11) is 0. The van der Waals surface area contributed by atoms with E-state index in [1.807, 2.05) is 0 Å². The molecule has 6 nitrogen and oxygen atoms in total. The Morgan fingerprint density at radius 3 is 2.33 bits per heavy atom. The standard InChI is InChI=1S/C22H31Cl2N3O3/c23-16-10-9-11-17(24)20(16)21(28)27-18(22(29)30)12-5-3-1-2-4-7-14-25-19-13-6-8-15-26-19/h9-11,18H,1-8,12-15H2,(H,25,26)(H,27,28)(H,29,30)/t18-/m0/s1. The number of benzene rings is 1. The minimum Gasteiger partial charge on any atom is -0.480 e. The van der Waals surface area contributed by atoms with E-state index in [9.17, 15) is 14.7 Å². The lowest BCUT2D eigenvalue weighted by Crippen LogP contribution is -2.41. The van der Waals surface area contributed by atoms with Gasteiger partial charge in [-0.1, -0.05) is 61.4 Å². The summed E-state index contributed by atoms with van der Waals surface area (Å²) >= 11 is 12.1. The summed E-state index contributed by atoms with van der Waals surface area (Å²) in [6, 6.07) is 3.79. The van der Waals surface area contributed by atoms with Gasteiger partial charge in [-0.3, -0.25) is 9.79 Å². The molecule has 3 N–H and O–H groups in total. The Morgan fingerprint density at radius 2 is 1.70 bits per heavy atom. The average molecular weight is 456 g/mol. The number of rotatable bonds is 12. The summed E-state index contributed by atoms with van der Waals surface area (Å²) in [6.45, 7) is 1.92. The van der Waals surface area contributed by atoms with E-state index >= 15 is 0 Å². The van der Waals surface area contributed by atoms with Crippen molar-refractivity contribution in [3.8, 4) is 0 Å². The van der Waals surface area contributed by atoms with Gasteiger partial charge in [0.15, 0.2) is 0 Å². The molecule has 0 fully saturated rings. The number of aliphatic imine (C=N–C) groups is 1. The van der Waals surface area contributed by atoms with Gasteiger partial charge >= 0.3 is 5.97 Å². The SMILES string of the molecule is O=C(N[C@@H](CCCCCCCCNC1=NCCCC1)C(=O)O)c1c(Cl)cccc1Cl. The maximum Gasteiger partial charge on any atom is 0.326 e. The van der Waals surface area contributed by atoms with Crippen molar-refractivity contribution in [3.05, 3.63) is 33.8 Å². The number of nitrogens with zero attached hydrogens (tertiary/aromatic N) is 1. The zero-order valence-electron chi connectivity index (χ0n) is 17.3. The van der Waals surface area contributed by atoms with Crippen molar-refractivity contribution in [2.24, 2.45) is 4.99 Å². The number of unbranched alkanes of at least 4 members (excludes halogenated alkanes) is 5. The van der Waals surface area contributed by atoms with Gasteiger partial charge in [0.25, 0.3) is 5.91 Å². The summed E-state index contributed by atoms with van der Waals surface area (Å²) in [5.41, 5.74) is 0.111. The summed E-state index contributed by atoms with van der Waals surface area (Å²) in [6.07, 6.45) is 9.99. The van der Waals surface area contributed by atoms with Crippen LogP contribution >= 0.6 is 23.2 Å². The van der Waals surface area contributed by atoms with E-state index in [1.165, 1.54) is 12.8 Å². The summed E-state index contributed by atoms with van der Waals surface area (Å²) in [5, 5.41) is 15.8. The van der Waals surface area contributed by atoms with Crippen LogP contribution in [0.4, 0.5) is 0 Å². The highest BCUT2D eigenvalue weighted by Crippen LogP contribution is 2.24. The molecule has 0 bridgehead atoms. The zero-order valence-corrected chi connectivity index (χ0v) is 18.8. The van der Waals surface area contributed by atoms with Crippen molar-refractivity contribution in [2.75, 3.05) is 13.1 Å². The summed E-state index contributed by atoms with van der Waals surface area (Å²) in [5.74, 6) is -0.461. The second kappa shape index (κ2) is 13.5. The molecule has 0 unspecified atom stereocenters. The van der Waals surface area contributed by atoms with Crippen LogP contribution < -0.4 is 10.6 Å². The molecule has 30 heavy (non-hydrogen) atoms. The van der Waals surface area contributed by atoms with E-state index < -0.39 is 17.9 Å². The number of carboxylic acid groups (broad SMARTS) is 1. The third-order valence-electron chi connectivity index (χ3n) is 5.17. The van der Waals surface area contributed by atoms with Crippen LogP contribution in [0.1, 0.15) is 74.6 Å². The Kier molecular flexibility index (Phi) is 11.0. The highest BCUT2D eigenvalue weighted by Gasteiger charge is 2.22. The molecule has 1 atom stereocenters. The Hall–Kier alpha value is -1.79. The van der Waals surface area contributed by atoms with E-state index in [0.717, 1.165) is 63.9 Å². The van der Waals surface area contributed by atoms with Gasteiger partial charge in [-0.2, -0.15) is 0 Å². The van der Waals surface area contributed by atoms with E-state index in [4.69, 9.17) is 23.2 Å². The van der Waals surface area contributed by atoms with E-state index in [0.29, 0.717) is 6.42 Å². The predicted octanol–water partition coefficient (Wildman–Crippen LogP) is 5.08. The molecule has 0 saturated heterocycles. The van der Waals surface area contributed by atoms with E-state index in [1.54, 1.807) is 18.2 Å². The topological polar surface area (TPSA) is 90.8 Å². The van der Waals surface area contributed by atoms with Crippen LogP contribution in [0.3, 0.4) is 0 Å². The third kappa shape index (κ3) is 8.52. The molecule has 0 aliphatic carbocycles. The molecule has 0 aromatic heterocycles. The minimum atomic E-state index is -1.05. The predicted molar refractivity (Wildman–Crippen MR) is 122 cm³/mol. The number of halogens is 2. The molecular weight excluding hydrogens is 425 g/mol. The molecule has 1 aromatic rings. The Morgan fingerprint density at radius 1 is 1.03 bits per heavy atom. The van der Waals surface area contributed by atoms with E-state index in [2.05, 4.69) is 15.6 Å². The number of amidine groups is 1. The summed E-state index contributed by atoms with van der Waals surface area (Å²) < 4.78 is 0. The minimum absolute atomic E-state index is 0.111. The first-order chi connectivity index (χ1) is 14.5. The largest absolute Gasteiger partial charge is 0.480 e. The number of aliphatic carboxylic acids is 1. The van der Waals surface area contributed by atoms with Crippen LogP contribution in [-0.4, -0.2) is 41.9 Å². The molecule has 166 valence electrons. The Balaban J connectivity index is 1.60. The van der Waals surface area contributed by atoms with Gasteiger partial charge in [-0.25, -0.2) is 4.79 Å². The fraction of sp³-hybridized carbons (Fsp3) is 0.591. The number of amides is 1. The molecule has 0 saturated carbocycles. The molecule has 0 radical (unpaired) electrons. The molecule has 1 aliphatic heterocycles. The van der Waals surface area contributed by atoms with Crippen LogP contribution in [0.25, 0.3) is 0 Å². The van der Waals surface area contributed by atoms with Crippen LogP contribution in [0.5, 0.6) is 0 Å². The maximum absolute atomic E-state index is 12.4. The number of nitrogens with one attached hydrogen (secondary N) is 2. The molecular formula is C22H31Cl2N3O3. The summed E-state index contributed by atoms with van der Waals surface area (Å²) in [4.78, 5) is 28.4. The number of carbonyl (C=O) groups is 2. The molecule has 1 aromatic carbocycles. The van der Waals surface area contributed by atoms with Crippen molar-refractivity contribution in [3.63, 3.8) is 0 Å². The number of carbonyl (C=O) groups excluding carboxylic acids is 1. The van der Waals surface area contributed by atoms with Gasteiger partial charge < -0.3 is 15.7 Å². The first-order valence-corrected chi connectivity index (χ1v) is 11.5. The third-order valence-corrected chi connectivity index (χ3v) is 5.80. The monoisotopic (exact) mass is 455 g/mol. The number of carboxylic acids is 1. The van der Waals surface area contributed by atoms with Gasteiger partial charge in [0.2, 0.25) is 0 Å². The van der Waals surface area contributed by atoms with Gasteiger partial charge in [0.05, 0.1) is 21.4 Å².